The molecule has 1 aliphatic rings. The SMILES string of the molecule is O=C(O)[C@H](CSCC1CC1)N(CC(F)(F)F)c1ccc(F)cc1. The van der Waals surface area contributed by atoms with Gasteiger partial charge in [0.05, 0.1) is 0 Å². The van der Waals surface area contributed by atoms with Crippen molar-refractivity contribution in [1.29, 1.82) is 0 Å². The first-order valence-corrected chi connectivity index (χ1v) is 8.31. The maximum atomic E-state index is 13.0. The topological polar surface area (TPSA) is 40.5 Å². The van der Waals surface area contributed by atoms with E-state index in [4.69, 9.17) is 0 Å². The first kappa shape index (κ1) is 17.9. The average Bonchev–Trinajstić information content (AvgIpc) is 3.25. The number of halogens is 4. The highest BCUT2D eigenvalue weighted by Crippen LogP contribution is 2.33. The van der Waals surface area contributed by atoms with Crippen LogP contribution in [-0.2, 0) is 4.79 Å². The molecular weight excluding hydrogens is 334 g/mol. The first-order valence-electron chi connectivity index (χ1n) is 7.16. The molecule has 0 unspecified atom stereocenters. The Balaban J connectivity index is 2.16. The van der Waals surface area contributed by atoms with E-state index >= 15 is 0 Å². The van der Waals surface area contributed by atoms with E-state index in [1.54, 1.807) is 0 Å². The molecule has 0 aromatic heterocycles. The largest absolute Gasteiger partial charge is 0.480 e. The fourth-order valence-electron chi connectivity index (χ4n) is 2.13. The molecule has 2 rings (SSSR count). The third-order valence-corrected chi connectivity index (χ3v) is 4.75. The number of hydrogen-bond acceptors (Lipinski definition) is 3. The number of benzene rings is 1. The van der Waals surface area contributed by atoms with E-state index in [9.17, 15) is 27.5 Å². The van der Waals surface area contributed by atoms with E-state index in [-0.39, 0.29) is 11.4 Å². The summed E-state index contributed by atoms with van der Waals surface area (Å²) in [6, 6.07) is 3.07. The van der Waals surface area contributed by atoms with E-state index in [1.807, 2.05) is 0 Å². The highest BCUT2D eigenvalue weighted by atomic mass is 32.2. The zero-order chi connectivity index (χ0) is 17.0. The molecule has 0 bridgehead atoms. The van der Waals surface area contributed by atoms with Crippen LogP contribution in [0.25, 0.3) is 0 Å². The van der Waals surface area contributed by atoms with Gasteiger partial charge in [-0.15, -0.1) is 0 Å². The molecule has 1 aromatic carbocycles. The molecule has 0 spiro atoms. The van der Waals surface area contributed by atoms with Crippen molar-refractivity contribution in [3.63, 3.8) is 0 Å². The fourth-order valence-corrected chi connectivity index (χ4v) is 3.48. The highest BCUT2D eigenvalue weighted by molar-refractivity contribution is 7.99. The first-order chi connectivity index (χ1) is 10.8. The van der Waals surface area contributed by atoms with Crippen LogP contribution in [0.3, 0.4) is 0 Å². The lowest BCUT2D eigenvalue weighted by atomic mass is 10.2. The summed E-state index contributed by atoms with van der Waals surface area (Å²) in [5.74, 6) is -0.541. The summed E-state index contributed by atoms with van der Waals surface area (Å²) in [5.41, 5.74) is 0.0446. The van der Waals surface area contributed by atoms with Gasteiger partial charge in [0.2, 0.25) is 0 Å². The second-order valence-corrected chi connectivity index (χ2v) is 6.63. The molecular formula is C15H17F4NO2S. The second-order valence-electron chi connectivity index (χ2n) is 5.55. The fraction of sp³-hybridized carbons (Fsp3) is 0.533. The number of hydrogen-bond donors (Lipinski definition) is 1. The number of thioether (sulfide) groups is 1. The Hall–Kier alpha value is -1.44. The molecule has 0 aliphatic heterocycles. The van der Waals surface area contributed by atoms with Gasteiger partial charge in [-0.1, -0.05) is 0 Å². The summed E-state index contributed by atoms with van der Waals surface area (Å²) in [4.78, 5) is 12.2. The van der Waals surface area contributed by atoms with Gasteiger partial charge < -0.3 is 10.0 Å². The molecule has 23 heavy (non-hydrogen) atoms. The van der Waals surface area contributed by atoms with Crippen LogP contribution < -0.4 is 4.90 Å². The number of nitrogens with zero attached hydrogens (tertiary/aromatic N) is 1. The number of carbonyl (C=O) groups is 1. The van der Waals surface area contributed by atoms with Gasteiger partial charge in [0.25, 0.3) is 0 Å². The molecule has 1 N–H and O–H groups in total. The van der Waals surface area contributed by atoms with Crippen molar-refractivity contribution < 1.29 is 27.5 Å². The molecule has 3 nitrogen and oxygen atoms in total. The van der Waals surface area contributed by atoms with Crippen LogP contribution in [0.2, 0.25) is 0 Å². The quantitative estimate of drug-likeness (QED) is 0.724. The maximum absolute atomic E-state index is 13.0. The molecule has 0 heterocycles. The van der Waals surface area contributed by atoms with E-state index in [0.29, 0.717) is 5.92 Å². The lowest BCUT2D eigenvalue weighted by Gasteiger charge is -2.31. The van der Waals surface area contributed by atoms with Gasteiger partial charge in [0.15, 0.2) is 0 Å². The highest BCUT2D eigenvalue weighted by Gasteiger charge is 2.37. The number of carboxylic acid groups (broad SMARTS) is 1. The van der Waals surface area contributed by atoms with Gasteiger partial charge in [-0.3, -0.25) is 0 Å². The van der Waals surface area contributed by atoms with Crippen LogP contribution in [0.5, 0.6) is 0 Å². The molecule has 1 atom stereocenters. The number of carboxylic acids is 1. The number of anilines is 1. The van der Waals surface area contributed by atoms with Crippen LogP contribution >= 0.6 is 11.8 Å². The van der Waals surface area contributed by atoms with Gasteiger partial charge in [0, 0.05) is 11.4 Å². The van der Waals surface area contributed by atoms with E-state index < -0.39 is 30.5 Å². The van der Waals surface area contributed by atoms with Crippen LogP contribution in [0.4, 0.5) is 23.2 Å². The Morgan fingerprint density at radius 1 is 1.30 bits per heavy atom. The van der Waals surface area contributed by atoms with E-state index in [2.05, 4.69) is 0 Å². The Labute approximate surface area is 135 Å². The molecule has 0 amide bonds. The Morgan fingerprint density at radius 3 is 2.39 bits per heavy atom. The summed E-state index contributed by atoms with van der Waals surface area (Å²) in [7, 11) is 0. The molecule has 0 saturated heterocycles. The zero-order valence-electron chi connectivity index (χ0n) is 12.2. The summed E-state index contributed by atoms with van der Waals surface area (Å²) in [5, 5.41) is 9.34. The van der Waals surface area contributed by atoms with E-state index in [0.717, 1.165) is 35.6 Å². The normalized spacial score (nSPS) is 16.2. The molecule has 8 heteroatoms. The van der Waals surface area contributed by atoms with Gasteiger partial charge in [-0.2, -0.15) is 24.9 Å². The lowest BCUT2D eigenvalue weighted by Crippen LogP contribution is -2.47. The summed E-state index contributed by atoms with van der Waals surface area (Å²) >= 11 is 1.35. The molecule has 1 aliphatic carbocycles. The maximum Gasteiger partial charge on any atom is 0.405 e. The molecule has 1 aromatic rings. The Kier molecular flexibility index (Phi) is 5.78. The van der Waals surface area contributed by atoms with Crippen LogP contribution in [0.15, 0.2) is 24.3 Å². The van der Waals surface area contributed by atoms with Gasteiger partial charge in [0.1, 0.15) is 18.4 Å². The zero-order valence-corrected chi connectivity index (χ0v) is 13.0. The smallest absolute Gasteiger partial charge is 0.405 e. The predicted octanol–water partition coefficient (Wildman–Crippen LogP) is 3.79. The van der Waals surface area contributed by atoms with Crippen molar-refractivity contribution in [2.75, 3.05) is 23.0 Å². The Morgan fingerprint density at radius 2 is 1.91 bits per heavy atom. The second kappa shape index (κ2) is 7.42. The summed E-state index contributed by atoms with van der Waals surface area (Å²) < 4.78 is 51.5. The van der Waals surface area contributed by atoms with Crippen molar-refractivity contribution in [1.82, 2.24) is 0 Å². The number of rotatable bonds is 8. The molecule has 0 radical (unpaired) electrons. The van der Waals surface area contributed by atoms with Crippen LogP contribution in [0, 0.1) is 11.7 Å². The van der Waals surface area contributed by atoms with Gasteiger partial charge in [-0.05, 0) is 48.8 Å². The molecule has 128 valence electrons. The number of alkyl halides is 3. The third kappa shape index (κ3) is 5.93. The minimum atomic E-state index is -4.55. The Bertz CT molecular complexity index is 531. The average molecular weight is 351 g/mol. The number of aliphatic carboxylic acids is 1. The van der Waals surface area contributed by atoms with Crippen molar-refractivity contribution in [3.8, 4) is 0 Å². The third-order valence-electron chi connectivity index (χ3n) is 3.50. The van der Waals surface area contributed by atoms with Gasteiger partial charge >= 0.3 is 12.1 Å². The van der Waals surface area contributed by atoms with Gasteiger partial charge in [-0.25, -0.2) is 9.18 Å². The minimum absolute atomic E-state index is 0.0446. The molecule has 1 fully saturated rings. The van der Waals surface area contributed by atoms with Crippen molar-refractivity contribution in [2.24, 2.45) is 5.92 Å². The van der Waals surface area contributed by atoms with Crippen molar-refractivity contribution >= 4 is 23.4 Å². The lowest BCUT2D eigenvalue weighted by molar-refractivity contribution is -0.140. The van der Waals surface area contributed by atoms with Crippen molar-refractivity contribution in [3.05, 3.63) is 30.1 Å². The predicted molar refractivity (Wildman–Crippen MR) is 81.3 cm³/mol. The minimum Gasteiger partial charge on any atom is -0.480 e. The van der Waals surface area contributed by atoms with Crippen LogP contribution in [0.1, 0.15) is 12.8 Å². The standard InChI is InChI=1S/C15H17F4NO2S/c16-11-3-5-12(6-4-11)20(9-15(17,18)19)13(14(21)22)8-23-7-10-1-2-10/h3-6,10,13H,1-2,7-9H2,(H,21,22)/t13-/m0/s1. The molecule has 1 saturated carbocycles. The van der Waals surface area contributed by atoms with E-state index in [1.165, 1.54) is 23.9 Å². The summed E-state index contributed by atoms with van der Waals surface area (Å²) in [6.07, 6.45) is -2.37. The monoisotopic (exact) mass is 351 g/mol. The summed E-state index contributed by atoms with van der Waals surface area (Å²) in [6.45, 7) is -1.39. The van der Waals surface area contributed by atoms with Crippen molar-refractivity contribution in [2.45, 2.75) is 25.1 Å². The van der Waals surface area contributed by atoms with Crippen LogP contribution in [-0.4, -0.2) is 41.3 Å².